The highest BCUT2D eigenvalue weighted by Gasteiger charge is 2.22. The maximum Gasteiger partial charge on any atom is 0.258 e. The smallest absolute Gasteiger partial charge is 0.258 e. The van der Waals surface area contributed by atoms with E-state index in [1.807, 2.05) is 0 Å². The van der Waals surface area contributed by atoms with Gasteiger partial charge in [-0.15, -0.1) is 0 Å². The topological polar surface area (TPSA) is 107 Å². The molecule has 0 aliphatic heterocycles. The summed E-state index contributed by atoms with van der Waals surface area (Å²) >= 11 is 4.84. The average Bonchev–Trinajstić information content (AvgIpc) is 2.34. The predicted molar refractivity (Wildman–Crippen MR) is 83.9 cm³/mol. The van der Waals surface area contributed by atoms with Crippen LogP contribution in [0.15, 0.2) is 24.3 Å². The van der Waals surface area contributed by atoms with Crippen molar-refractivity contribution in [2.24, 2.45) is 11.5 Å². The lowest BCUT2D eigenvalue weighted by Gasteiger charge is -2.24. The maximum atomic E-state index is 11.8. The summed E-state index contributed by atoms with van der Waals surface area (Å²) in [6.07, 6.45) is 0.0569. The molecule has 114 valence electrons. The van der Waals surface area contributed by atoms with Gasteiger partial charge in [0, 0.05) is 17.5 Å². The van der Waals surface area contributed by atoms with Crippen LogP contribution in [0, 0.1) is 0 Å². The van der Waals surface area contributed by atoms with Gasteiger partial charge in [-0.05, 0) is 38.1 Å². The summed E-state index contributed by atoms with van der Waals surface area (Å²) in [5.74, 6) is -0.285. The minimum absolute atomic E-state index is 0.0569. The number of thiocarbonyl (C=S) groups is 1. The molecule has 0 atom stereocenters. The molecule has 1 aromatic rings. The Kier molecular flexibility index (Phi) is 5.66. The van der Waals surface area contributed by atoms with Gasteiger partial charge in [-0.1, -0.05) is 12.2 Å². The molecule has 0 fully saturated rings. The van der Waals surface area contributed by atoms with E-state index in [0.717, 1.165) is 5.56 Å². The van der Waals surface area contributed by atoms with Gasteiger partial charge in [0.25, 0.3) is 5.91 Å². The third-order valence-corrected chi connectivity index (χ3v) is 2.84. The van der Waals surface area contributed by atoms with Crippen LogP contribution < -0.4 is 21.5 Å². The Bertz CT molecular complexity index is 541. The van der Waals surface area contributed by atoms with Gasteiger partial charge in [0.05, 0.1) is 0 Å². The van der Waals surface area contributed by atoms with Crippen LogP contribution in [0.4, 0.5) is 0 Å². The molecule has 0 heterocycles. The first-order valence-electron chi connectivity index (χ1n) is 6.31. The molecule has 0 saturated heterocycles. The van der Waals surface area contributed by atoms with Crippen molar-refractivity contribution in [3.8, 4) is 5.75 Å². The number of ether oxygens (including phenoxy) is 1. The number of nitrogens with two attached hydrogens (primary N) is 2. The van der Waals surface area contributed by atoms with Gasteiger partial charge in [0.2, 0.25) is 5.91 Å². The highest BCUT2D eigenvalue weighted by molar-refractivity contribution is 7.80. The molecule has 0 aromatic heterocycles. The van der Waals surface area contributed by atoms with Crippen molar-refractivity contribution in [2.75, 3.05) is 6.61 Å². The van der Waals surface area contributed by atoms with Crippen molar-refractivity contribution in [1.29, 1.82) is 0 Å². The van der Waals surface area contributed by atoms with Crippen LogP contribution in [-0.4, -0.2) is 28.9 Å². The third kappa shape index (κ3) is 6.22. The molecule has 0 aliphatic rings. The summed E-state index contributed by atoms with van der Waals surface area (Å²) < 4.78 is 5.34. The van der Waals surface area contributed by atoms with E-state index in [9.17, 15) is 9.59 Å². The van der Waals surface area contributed by atoms with Gasteiger partial charge in [-0.3, -0.25) is 9.59 Å². The molecule has 21 heavy (non-hydrogen) atoms. The second kappa shape index (κ2) is 7.03. The summed E-state index contributed by atoms with van der Waals surface area (Å²) in [5.41, 5.74) is 10.6. The zero-order valence-electron chi connectivity index (χ0n) is 12.0. The number of carbonyl (C=O) groups is 2. The number of amides is 2. The maximum absolute atomic E-state index is 11.8. The molecule has 0 bridgehead atoms. The first-order chi connectivity index (χ1) is 9.69. The van der Waals surface area contributed by atoms with E-state index in [-0.39, 0.29) is 18.9 Å². The van der Waals surface area contributed by atoms with Crippen LogP contribution in [0.1, 0.15) is 25.8 Å². The van der Waals surface area contributed by atoms with Crippen LogP contribution in [0.25, 0.3) is 0 Å². The fourth-order valence-electron chi connectivity index (χ4n) is 1.76. The number of benzene rings is 1. The lowest BCUT2D eigenvalue weighted by Crippen LogP contribution is -2.47. The highest BCUT2D eigenvalue weighted by atomic mass is 32.1. The van der Waals surface area contributed by atoms with E-state index in [4.69, 9.17) is 28.4 Å². The van der Waals surface area contributed by atoms with Gasteiger partial charge in [0.15, 0.2) is 6.61 Å². The zero-order valence-corrected chi connectivity index (χ0v) is 12.8. The highest BCUT2D eigenvalue weighted by Crippen LogP contribution is 2.12. The van der Waals surface area contributed by atoms with E-state index in [2.05, 4.69) is 5.32 Å². The quantitative estimate of drug-likeness (QED) is 0.635. The Morgan fingerprint density at radius 3 is 2.29 bits per heavy atom. The number of nitrogens with one attached hydrogen (secondary N) is 1. The molecular weight excluding hydrogens is 290 g/mol. The summed E-state index contributed by atoms with van der Waals surface area (Å²) in [5, 5.41) is 2.68. The second-order valence-electron chi connectivity index (χ2n) is 5.25. The molecule has 1 aromatic carbocycles. The van der Waals surface area contributed by atoms with Crippen molar-refractivity contribution >= 4 is 29.0 Å². The normalized spacial score (nSPS) is 10.8. The number of rotatable bonds is 7. The molecule has 0 unspecified atom stereocenters. The summed E-state index contributed by atoms with van der Waals surface area (Å²) in [4.78, 5) is 22.9. The molecule has 0 radical (unpaired) electrons. The summed E-state index contributed by atoms with van der Waals surface area (Å²) in [6.45, 7) is 3.27. The zero-order chi connectivity index (χ0) is 16.0. The van der Waals surface area contributed by atoms with Crippen molar-refractivity contribution in [1.82, 2.24) is 5.32 Å². The molecule has 2 amide bonds. The van der Waals surface area contributed by atoms with E-state index >= 15 is 0 Å². The van der Waals surface area contributed by atoms with Crippen LogP contribution in [0.2, 0.25) is 0 Å². The van der Waals surface area contributed by atoms with E-state index in [0.29, 0.717) is 10.7 Å². The number of primary amides is 1. The molecule has 6 nitrogen and oxygen atoms in total. The van der Waals surface area contributed by atoms with Crippen LogP contribution in [-0.2, 0) is 9.59 Å². The van der Waals surface area contributed by atoms with Crippen molar-refractivity contribution in [3.05, 3.63) is 29.8 Å². The Balaban J connectivity index is 2.49. The monoisotopic (exact) mass is 309 g/mol. The molecule has 7 heteroatoms. The van der Waals surface area contributed by atoms with E-state index in [1.165, 1.54) is 0 Å². The summed E-state index contributed by atoms with van der Waals surface area (Å²) in [7, 11) is 0. The standard InChI is InChI=1S/C14H19N3O3S/c1-14(2,7-11(15)18)17-12(19)8-20-10-5-3-9(4-6-10)13(16)21/h3-6H,7-8H2,1-2H3,(H2,15,18)(H2,16,21)(H,17,19). The van der Waals surface area contributed by atoms with Gasteiger partial charge in [-0.2, -0.15) is 0 Å². The SMILES string of the molecule is CC(C)(CC(N)=O)NC(=O)COc1ccc(C(N)=S)cc1. The Hall–Kier alpha value is -2.15. The summed E-state index contributed by atoms with van der Waals surface area (Å²) in [6, 6.07) is 6.78. The number of hydrogen-bond acceptors (Lipinski definition) is 4. The predicted octanol–water partition coefficient (Wildman–Crippen LogP) is 0.470. The Morgan fingerprint density at radius 1 is 1.24 bits per heavy atom. The minimum Gasteiger partial charge on any atom is -0.484 e. The van der Waals surface area contributed by atoms with Crippen LogP contribution in [0.3, 0.4) is 0 Å². The second-order valence-corrected chi connectivity index (χ2v) is 5.69. The fourth-order valence-corrected chi connectivity index (χ4v) is 1.89. The molecule has 5 N–H and O–H groups in total. The number of carbonyl (C=O) groups excluding carboxylic acids is 2. The van der Waals surface area contributed by atoms with Gasteiger partial charge < -0.3 is 21.5 Å². The van der Waals surface area contributed by atoms with Crippen molar-refractivity contribution in [2.45, 2.75) is 25.8 Å². The average molecular weight is 309 g/mol. The van der Waals surface area contributed by atoms with Gasteiger partial charge in [0.1, 0.15) is 10.7 Å². The Morgan fingerprint density at radius 2 is 1.81 bits per heavy atom. The van der Waals surface area contributed by atoms with Crippen LogP contribution in [0.5, 0.6) is 5.75 Å². The van der Waals surface area contributed by atoms with E-state index < -0.39 is 11.4 Å². The first-order valence-corrected chi connectivity index (χ1v) is 6.72. The number of hydrogen-bond donors (Lipinski definition) is 3. The van der Waals surface area contributed by atoms with Crippen molar-refractivity contribution < 1.29 is 14.3 Å². The molecule has 0 aliphatic carbocycles. The minimum atomic E-state index is -0.706. The fraction of sp³-hybridized carbons (Fsp3) is 0.357. The third-order valence-electron chi connectivity index (χ3n) is 2.60. The first kappa shape index (κ1) is 16.9. The van der Waals surface area contributed by atoms with Crippen molar-refractivity contribution in [3.63, 3.8) is 0 Å². The molecule has 0 saturated carbocycles. The lowest BCUT2D eigenvalue weighted by molar-refractivity contribution is -0.125. The lowest BCUT2D eigenvalue weighted by atomic mass is 10.0. The Labute approximate surface area is 128 Å². The van der Waals surface area contributed by atoms with Gasteiger partial charge >= 0.3 is 0 Å². The molecular formula is C14H19N3O3S. The molecule has 0 spiro atoms. The largest absolute Gasteiger partial charge is 0.484 e. The van der Waals surface area contributed by atoms with Gasteiger partial charge in [-0.25, -0.2) is 0 Å². The van der Waals surface area contributed by atoms with E-state index in [1.54, 1.807) is 38.1 Å². The molecule has 1 rings (SSSR count). The van der Waals surface area contributed by atoms with Crippen LogP contribution >= 0.6 is 12.2 Å².